The molecule has 0 spiro atoms. The first-order valence-electron chi connectivity index (χ1n) is 5.01. The van der Waals surface area contributed by atoms with Gasteiger partial charge in [0.2, 0.25) is 0 Å². The number of nitrogens with two attached hydrogens (primary N) is 1. The lowest BCUT2D eigenvalue weighted by molar-refractivity contribution is 0.636. The summed E-state index contributed by atoms with van der Waals surface area (Å²) in [5.74, 6) is 5.59. The molecule has 6 heteroatoms. The number of aryl methyl sites for hydroxylation is 1. The van der Waals surface area contributed by atoms with Gasteiger partial charge in [-0.2, -0.15) is 5.10 Å². The Bertz CT molecular complexity index is 526. The molecule has 3 N–H and O–H groups in total. The molecule has 0 saturated carbocycles. The van der Waals surface area contributed by atoms with Crippen LogP contribution in [0, 0.1) is 0 Å². The molecular formula is C11H12BrClN4. The van der Waals surface area contributed by atoms with Crippen molar-refractivity contribution in [2.75, 3.05) is 0 Å². The first-order valence-corrected chi connectivity index (χ1v) is 6.18. The maximum absolute atomic E-state index is 6.07. The van der Waals surface area contributed by atoms with E-state index in [1.165, 1.54) is 0 Å². The molecule has 17 heavy (non-hydrogen) atoms. The summed E-state index contributed by atoms with van der Waals surface area (Å²) in [6, 6.07) is 5.63. The van der Waals surface area contributed by atoms with Crippen molar-refractivity contribution in [3.05, 3.63) is 51.2 Å². The van der Waals surface area contributed by atoms with Gasteiger partial charge < -0.3 is 0 Å². The van der Waals surface area contributed by atoms with E-state index in [1.54, 1.807) is 10.9 Å². The third kappa shape index (κ3) is 2.69. The molecule has 0 aliphatic rings. The van der Waals surface area contributed by atoms with Crippen molar-refractivity contribution in [2.24, 2.45) is 12.9 Å². The summed E-state index contributed by atoms with van der Waals surface area (Å²) in [5, 5.41) is 4.79. The Morgan fingerprint density at radius 1 is 1.47 bits per heavy atom. The van der Waals surface area contributed by atoms with E-state index in [1.807, 2.05) is 31.4 Å². The molecule has 1 aromatic carbocycles. The van der Waals surface area contributed by atoms with Gasteiger partial charge in [0.25, 0.3) is 0 Å². The summed E-state index contributed by atoms with van der Waals surface area (Å²) < 4.78 is 2.60. The van der Waals surface area contributed by atoms with Crippen LogP contribution in [0.3, 0.4) is 0 Å². The minimum absolute atomic E-state index is 0.116. The molecule has 0 radical (unpaired) electrons. The summed E-state index contributed by atoms with van der Waals surface area (Å²) in [5.41, 5.74) is 4.76. The van der Waals surface area contributed by atoms with Crippen molar-refractivity contribution in [3.63, 3.8) is 0 Å². The number of hydrogen-bond donors (Lipinski definition) is 2. The molecule has 90 valence electrons. The Kier molecular flexibility index (Phi) is 3.83. The van der Waals surface area contributed by atoms with Crippen molar-refractivity contribution in [2.45, 2.75) is 6.04 Å². The zero-order valence-electron chi connectivity index (χ0n) is 9.19. The highest BCUT2D eigenvalue weighted by molar-refractivity contribution is 9.10. The molecule has 1 heterocycles. The van der Waals surface area contributed by atoms with Crippen LogP contribution in [0.25, 0.3) is 0 Å². The number of hydrazine groups is 1. The first-order chi connectivity index (χ1) is 8.11. The van der Waals surface area contributed by atoms with Crippen molar-refractivity contribution in [1.29, 1.82) is 0 Å². The largest absolute Gasteiger partial charge is 0.275 e. The summed E-state index contributed by atoms with van der Waals surface area (Å²) in [4.78, 5) is 0. The van der Waals surface area contributed by atoms with Crippen LogP contribution in [-0.2, 0) is 7.05 Å². The van der Waals surface area contributed by atoms with Gasteiger partial charge in [0.15, 0.2) is 0 Å². The molecule has 0 bridgehead atoms. The summed E-state index contributed by atoms with van der Waals surface area (Å²) >= 11 is 9.43. The number of nitrogens with one attached hydrogen (secondary N) is 1. The molecule has 0 aliphatic carbocycles. The fraction of sp³-hybridized carbons (Fsp3) is 0.182. The van der Waals surface area contributed by atoms with Crippen LogP contribution in [0.1, 0.15) is 17.2 Å². The highest BCUT2D eigenvalue weighted by Crippen LogP contribution is 2.28. The Hall–Kier alpha value is -0.880. The van der Waals surface area contributed by atoms with E-state index in [4.69, 9.17) is 17.4 Å². The van der Waals surface area contributed by atoms with Crippen LogP contribution in [0.2, 0.25) is 5.02 Å². The van der Waals surface area contributed by atoms with E-state index in [0.29, 0.717) is 5.02 Å². The zero-order valence-corrected chi connectivity index (χ0v) is 11.5. The van der Waals surface area contributed by atoms with Crippen molar-refractivity contribution < 1.29 is 0 Å². The predicted molar refractivity (Wildman–Crippen MR) is 71.5 cm³/mol. The second kappa shape index (κ2) is 5.18. The maximum atomic E-state index is 6.07. The number of rotatable bonds is 3. The minimum atomic E-state index is -0.116. The van der Waals surface area contributed by atoms with E-state index in [-0.39, 0.29) is 6.04 Å². The van der Waals surface area contributed by atoms with Gasteiger partial charge in [0.05, 0.1) is 17.3 Å². The minimum Gasteiger partial charge on any atom is -0.275 e. The van der Waals surface area contributed by atoms with E-state index in [9.17, 15) is 0 Å². The van der Waals surface area contributed by atoms with Crippen molar-refractivity contribution >= 4 is 27.5 Å². The molecule has 2 rings (SSSR count). The molecule has 0 aliphatic heterocycles. The second-order valence-corrected chi connectivity index (χ2v) is 4.98. The molecule has 1 aromatic heterocycles. The standard InChI is InChI=1S/C11H12BrClN4/c1-17-6-8(5-15-17)11(16-14)7-2-3-9(12)10(13)4-7/h2-6,11,16H,14H2,1H3. The van der Waals surface area contributed by atoms with Gasteiger partial charge >= 0.3 is 0 Å². The summed E-state index contributed by atoms with van der Waals surface area (Å²) in [6.07, 6.45) is 3.70. The van der Waals surface area contributed by atoms with Crippen molar-refractivity contribution in [3.8, 4) is 0 Å². The van der Waals surface area contributed by atoms with E-state index >= 15 is 0 Å². The molecule has 0 amide bonds. The van der Waals surface area contributed by atoms with E-state index in [0.717, 1.165) is 15.6 Å². The third-order valence-corrected chi connectivity index (χ3v) is 3.73. The van der Waals surface area contributed by atoms with Crippen LogP contribution in [0.4, 0.5) is 0 Å². The Morgan fingerprint density at radius 3 is 2.76 bits per heavy atom. The van der Waals surface area contributed by atoms with E-state index in [2.05, 4.69) is 26.5 Å². The number of halogens is 2. The average Bonchev–Trinajstić information content (AvgIpc) is 2.71. The smallest absolute Gasteiger partial charge is 0.0741 e. The summed E-state index contributed by atoms with van der Waals surface area (Å²) in [6.45, 7) is 0. The number of hydrogen-bond acceptors (Lipinski definition) is 3. The molecule has 1 atom stereocenters. The maximum Gasteiger partial charge on any atom is 0.0741 e. The van der Waals surface area contributed by atoms with Gasteiger partial charge in [0.1, 0.15) is 0 Å². The monoisotopic (exact) mass is 314 g/mol. The van der Waals surface area contributed by atoms with Gasteiger partial charge in [-0.05, 0) is 33.6 Å². The summed E-state index contributed by atoms with van der Waals surface area (Å²) in [7, 11) is 1.87. The molecular weight excluding hydrogens is 304 g/mol. The lowest BCUT2D eigenvalue weighted by Gasteiger charge is -2.15. The lowest BCUT2D eigenvalue weighted by atomic mass is 10.0. The van der Waals surface area contributed by atoms with E-state index < -0.39 is 0 Å². The first kappa shape index (κ1) is 12.6. The quantitative estimate of drug-likeness (QED) is 0.675. The van der Waals surface area contributed by atoms with Crippen molar-refractivity contribution in [1.82, 2.24) is 15.2 Å². The molecule has 0 saturated heterocycles. The number of benzene rings is 1. The third-order valence-electron chi connectivity index (χ3n) is 2.50. The highest BCUT2D eigenvalue weighted by Gasteiger charge is 2.15. The molecule has 1 unspecified atom stereocenters. The van der Waals surface area contributed by atoms with Gasteiger partial charge in [-0.25, -0.2) is 5.43 Å². The van der Waals surface area contributed by atoms with Gasteiger partial charge in [0, 0.05) is 23.3 Å². The van der Waals surface area contributed by atoms with Gasteiger partial charge in [-0.3, -0.25) is 10.5 Å². The average molecular weight is 316 g/mol. The molecule has 2 aromatic rings. The highest BCUT2D eigenvalue weighted by atomic mass is 79.9. The van der Waals surface area contributed by atoms with Crippen LogP contribution >= 0.6 is 27.5 Å². The normalized spacial score (nSPS) is 12.7. The topological polar surface area (TPSA) is 55.9 Å². The Labute approximate surface area is 113 Å². The fourth-order valence-corrected chi connectivity index (χ4v) is 2.10. The van der Waals surface area contributed by atoms with Crippen LogP contribution < -0.4 is 11.3 Å². The SMILES string of the molecule is Cn1cc(C(NN)c2ccc(Br)c(Cl)c2)cn1. The lowest BCUT2D eigenvalue weighted by Crippen LogP contribution is -2.28. The second-order valence-electron chi connectivity index (χ2n) is 3.72. The van der Waals surface area contributed by atoms with Gasteiger partial charge in [-0.1, -0.05) is 17.7 Å². The predicted octanol–water partition coefficient (Wildman–Crippen LogP) is 2.39. The number of aromatic nitrogens is 2. The zero-order chi connectivity index (χ0) is 12.4. The molecule has 4 nitrogen and oxygen atoms in total. The molecule has 0 fully saturated rings. The van der Waals surface area contributed by atoms with Crippen LogP contribution in [-0.4, -0.2) is 9.78 Å². The Morgan fingerprint density at radius 2 is 2.24 bits per heavy atom. The van der Waals surface area contributed by atoms with Gasteiger partial charge in [-0.15, -0.1) is 0 Å². The van der Waals surface area contributed by atoms with Crippen LogP contribution in [0.15, 0.2) is 35.1 Å². The number of nitrogens with zero attached hydrogens (tertiary/aromatic N) is 2. The fourth-order valence-electron chi connectivity index (χ4n) is 1.67. The van der Waals surface area contributed by atoms with Crippen LogP contribution in [0.5, 0.6) is 0 Å². The Balaban J connectivity index is 2.38.